The van der Waals surface area contributed by atoms with Crippen molar-refractivity contribution in [1.82, 2.24) is 25.4 Å². The summed E-state index contributed by atoms with van der Waals surface area (Å²) in [6.45, 7) is 0. The maximum Gasteiger partial charge on any atom is 0.255 e. The Hall–Kier alpha value is -3.52. The minimum absolute atomic E-state index is 0.296. The minimum atomic E-state index is -1.40. The zero-order valence-electron chi connectivity index (χ0n) is 17.2. The summed E-state index contributed by atoms with van der Waals surface area (Å²) in [5, 5.41) is 20.4. The average Bonchev–Trinajstić information content (AvgIpc) is 3.54. The summed E-state index contributed by atoms with van der Waals surface area (Å²) in [7, 11) is 1.45. The minimum Gasteiger partial charge on any atom is -0.381 e. The van der Waals surface area contributed by atoms with E-state index < -0.39 is 24.0 Å². The smallest absolute Gasteiger partial charge is 0.255 e. The Morgan fingerprint density at radius 3 is 2.65 bits per heavy atom. The predicted molar refractivity (Wildman–Crippen MR) is 115 cm³/mol. The number of carbonyl (C=O) groups is 2. The van der Waals surface area contributed by atoms with Crippen LogP contribution in [-0.2, 0) is 11.2 Å². The molecule has 2 amide bonds. The van der Waals surface area contributed by atoms with Crippen molar-refractivity contribution in [2.24, 2.45) is 0 Å². The van der Waals surface area contributed by atoms with Gasteiger partial charge in [-0.2, -0.15) is 5.10 Å². The fraction of sp³-hybridized carbons (Fsp3) is 0.304. The summed E-state index contributed by atoms with van der Waals surface area (Å²) in [4.78, 5) is 29.6. The predicted octanol–water partition coefficient (Wildman–Crippen LogP) is 1.59. The van der Waals surface area contributed by atoms with Gasteiger partial charge in [-0.1, -0.05) is 30.3 Å². The normalized spacial score (nSPS) is 15.2. The Morgan fingerprint density at radius 1 is 1.16 bits per heavy atom. The molecule has 160 valence electrons. The summed E-state index contributed by atoms with van der Waals surface area (Å²) < 4.78 is 1.60. The molecule has 31 heavy (non-hydrogen) atoms. The van der Waals surface area contributed by atoms with Gasteiger partial charge in [0.05, 0.1) is 17.3 Å². The van der Waals surface area contributed by atoms with E-state index in [1.165, 1.54) is 7.05 Å². The second kappa shape index (κ2) is 9.09. The number of hydrogen-bond donors (Lipinski definition) is 3. The van der Waals surface area contributed by atoms with Gasteiger partial charge in [0.2, 0.25) is 0 Å². The molecule has 2 atom stereocenters. The van der Waals surface area contributed by atoms with Crippen molar-refractivity contribution in [1.29, 1.82) is 0 Å². The van der Waals surface area contributed by atoms with E-state index in [0.717, 1.165) is 24.1 Å². The number of benzene rings is 1. The lowest BCUT2D eigenvalue weighted by Gasteiger charge is -2.23. The number of likely N-dealkylation sites (N-methyl/N-ethyl adjacent to an activating group) is 1. The maximum absolute atomic E-state index is 13.2. The van der Waals surface area contributed by atoms with Crippen LogP contribution in [0.25, 0.3) is 5.82 Å². The molecule has 1 aliphatic rings. The number of carbonyl (C=O) groups excluding carboxylic acids is 2. The second-order valence-corrected chi connectivity index (χ2v) is 7.66. The van der Waals surface area contributed by atoms with E-state index in [1.807, 2.05) is 36.4 Å². The van der Waals surface area contributed by atoms with Gasteiger partial charge in [-0.3, -0.25) is 9.59 Å². The first-order chi connectivity index (χ1) is 15.1. The molecule has 3 N–H and O–H groups in total. The van der Waals surface area contributed by atoms with Crippen molar-refractivity contribution < 1.29 is 14.7 Å². The van der Waals surface area contributed by atoms with Gasteiger partial charge < -0.3 is 15.7 Å². The number of nitrogens with zero attached hydrogens (tertiary/aromatic N) is 3. The standard InChI is InChI=1S/C23H25N5O3/c1-24-23(31)20(29)19(14-15-6-3-2-4-7-15)26-22(30)17-8-5-12-25-21(17)28-13-11-18(27-28)16-9-10-16/h2-8,11-13,16,19-20,29H,9-10,14H2,1H3,(H,24,31)(H,26,30). The topological polar surface area (TPSA) is 109 Å². The van der Waals surface area contributed by atoms with Gasteiger partial charge in [0.15, 0.2) is 11.9 Å². The van der Waals surface area contributed by atoms with E-state index in [9.17, 15) is 14.7 Å². The number of hydrogen-bond acceptors (Lipinski definition) is 5. The molecule has 1 aliphatic carbocycles. The van der Waals surface area contributed by atoms with Gasteiger partial charge in [0.25, 0.3) is 11.8 Å². The van der Waals surface area contributed by atoms with Crippen LogP contribution in [0.4, 0.5) is 0 Å². The molecular formula is C23H25N5O3. The van der Waals surface area contributed by atoms with Crippen LogP contribution in [-0.4, -0.2) is 50.9 Å². The van der Waals surface area contributed by atoms with Crippen LogP contribution in [0.2, 0.25) is 0 Å². The maximum atomic E-state index is 13.2. The first-order valence-electron chi connectivity index (χ1n) is 10.3. The van der Waals surface area contributed by atoms with E-state index >= 15 is 0 Å². The quantitative estimate of drug-likeness (QED) is 0.514. The molecule has 0 spiro atoms. The number of aliphatic hydroxyl groups is 1. The molecular weight excluding hydrogens is 394 g/mol. The molecule has 8 heteroatoms. The van der Waals surface area contributed by atoms with Gasteiger partial charge in [0.1, 0.15) is 0 Å². The molecule has 3 aromatic rings. The van der Waals surface area contributed by atoms with Crippen molar-refractivity contribution >= 4 is 11.8 Å². The van der Waals surface area contributed by atoms with E-state index in [4.69, 9.17) is 0 Å². The van der Waals surface area contributed by atoms with Crippen LogP contribution in [0.15, 0.2) is 60.9 Å². The number of rotatable bonds is 8. The van der Waals surface area contributed by atoms with Crippen molar-refractivity contribution in [3.8, 4) is 5.82 Å². The zero-order valence-corrected chi connectivity index (χ0v) is 17.2. The van der Waals surface area contributed by atoms with Gasteiger partial charge in [0, 0.05) is 25.4 Å². The Labute approximate surface area is 180 Å². The highest BCUT2D eigenvalue weighted by molar-refractivity contribution is 5.97. The van der Waals surface area contributed by atoms with Crippen LogP contribution in [0.1, 0.15) is 40.4 Å². The molecule has 2 unspecified atom stereocenters. The fourth-order valence-electron chi connectivity index (χ4n) is 3.50. The van der Waals surface area contributed by atoms with Crippen molar-refractivity contribution in [3.05, 3.63) is 77.7 Å². The van der Waals surface area contributed by atoms with Crippen molar-refractivity contribution in [2.45, 2.75) is 37.3 Å². The van der Waals surface area contributed by atoms with Crippen LogP contribution < -0.4 is 10.6 Å². The third-order valence-corrected chi connectivity index (χ3v) is 5.36. The Balaban J connectivity index is 1.58. The van der Waals surface area contributed by atoms with Crippen LogP contribution >= 0.6 is 0 Å². The Bertz CT molecular complexity index is 1060. The summed E-state index contributed by atoms with van der Waals surface area (Å²) in [6.07, 6.45) is 4.56. The van der Waals surface area contributed by atoms with Crippen LogP contribution in [0, 0.1) is 0 Å². The van der Waals surface area contributed by atoms with Gasteiger partial charge in [-0.05, 0) is 43.0 Å². The molecule has 1 aromatic carbocycles. The van der Waals surface area contributed by atoms with Gasteiger partial charge in [-0.25, -0.2) is 9.67 Å². The van der Waals surface area contributed by atoms with Crippen molar-refractivity contribution in [3.63, 3.8) is 0 Å². The lowest BCUT2D eigenvalue weighted by Crippen LogP contribution is -2.51. The van der Waals surface area contributed by atoms with E-state index in [1.54, 1.807) is 29.2 Å². The first-order valence-corrected chi connectivity index (χ1v) is 10.3. The highest BCUT2D eigenvalue weighted by Gasteiger charge is 2.29. The summed E-state index contributed by atoms with van der Waals surface area (Å²) in [6, 6.07) is 13.8. The molecule has 0 radical (unpaired) electrons. The van der Waals surface area contributed by atoms with Gasteiger partial charge in [-0.15, -0.1) is 0 Å². The SMILES string of the molecule is CNC(=O)C(O)C(Cc1ccccc1)NC(=O)c1cccnc1-n1ccc(C2CC2)n1. The highest BCUT2D eigenvalue weighted by Crippen LogP contribution is 2.39. The molecule has 0 bridgehead atoms. The second-order valence-electron chi connectivity index (χ2n) is 7.66. The molecule has 0 saturated heterocycles. The molecule has 1 fully saturated rings. The van der Waals surface area contributed by atoms with Crippen LogP contribution in [0.3, 0.4) is 0 Å². The largest absolute Gasteiger partial charge is 0.381 e. The number of aliphatic hydroxyl groups excluding tert-OH is 1. The number of pyridine rings is 1. The molecule has 2 heterocycles. The number of nitrogens with one attached hydrogen (secondary N) is 2. The highest BCUT2D eigenvalue weighted by atomic mass is 16.3. The molecule has 4 rings (SSSR count). The molecule has 8 nitrogen and oxygen atoms in total. The van der Waals surface area contributed by atoms with E-state index in [0.29, 0.717) is 23.7 Å². The summed E-state index contributed by atoms with van der Waals surface area (Å²) >= 11 is 0. The van der Waals surface area contributed by atoms with Gasteiger partial charge >= 0.3 is 0 Å². The van der Waals surface area contributed by atoms with E-state index in [-0.39, 0.29) is 0 Å². The first kappa shape index (κ1) is 20.7. The lowest BCUT2D eigenvalue weighted by molar-refractivity contribution is -0.130. The summed E-state index contributed by atoms with van der Waals surface area (Å²) in [5.41, 5.74) is 2.20. The van der Waals surface area contributed by atoms with Crippen LogP contribution in [0.5, 0.6) is 0 Å². The molecule has 0 aliphatic heterocycles. The average molecular weight is 419 g/mol. The third kappa shape index (κ3) is 4.80. The lowest BCUT2D eigenvalue weighted by atomic mass is 10.00. The molecule has 1 saturated carbocycles. The Morgan fingerprint density at radius 2 is 1.94 bits per heavy atom. The van der Waals surface area contributed by atoms with E-state index in [2.05, 4.69) is 20.7 Å². The van der Waals surface area contributed by atoms with Crippen molar-refractivity contribution in [2.75, 3.05) is 7.05 Å². The molecule has 2 aromatic heterocycles. The number of aromatic nitrogens is 3. The third-order valence-electron chi connectivity index (χ3n) is 5.36. The Kier molecular flexibility index (Phi) is 6.08. The zero-order chi connectivity index (χ0) is 21.8. The fourth-order valence-corrected chi connectivity index (χ4v) is 3.50. The number of amides is 2. The monoisotopic (exact) mass is 419 g/mol. The summed E-state index contributed by atoms with van der Waals surface area (Å²) in [5.74, 6) is -0.107.